The summed E-state index contributed by atoms with van der Waals surface area (Å²) in [5.41, 5.74) is 0. The summed E-state index contributed by atoms with van der Waals surface area (Å²) < 4.78 is 4.96. The molecule has 0 spiro atoms. The van der Waals surface area contributed by atoms with Crippen LogP contribution in [-0.4, -0.2) is 7.11 Å². The van der Waals surface area contributed by atoms with E-state index in [0.717, 1.165) is 0 Å². The minimum atomic E-state index is 0.487. The highest BCUT2D eigenvalue weighted by Crippen LogP contribution is 2.07. The Bertz CT molecular complexity index is 162. The molecule has 0 heterocycles. The number of hydrogen-bond acceptors (Lipinski definition) is 1. The average molecular weight is 140 g/mol. The first-order valence-corrected chi connectivity index (χ1v) is 3.68. The van der Waals surface area contributed by atoms with Gasteiger partial charge >= 0.3 is 0 Å². The lowest BCUT2D eigenvalue weighted by Gasteiger charge is -1.94. The van der Waals surface area contributed by atoms with Gasteiger partial charge in [-0.05, 0) is 5.30 Å². The Hall–Kier alpha value is -0.390. The Balaban J connectivity index is 2.61. The van der Waals surface area contributed by atoms with Gasteiger partial charge in [0, 0.05) is 15.9 Å². The molecule has 48 valence electrons. The Kier molecular flexibility index (Phi) is 2.69. The van der Waals surface area contributed by atoms with Crippen LogP contribution < -0.4 is 5.30 Å². The highest BCUT2D eigenvalue weighted by atomic mass is 31.1. The van der Waals surface area contributed by atoms with Crippen molar-refractivity contribution in [3.05, 3.63) is 30.3 Å². The normalized spacial score (nSPS) is 10.8. The lowest BCUT2D eigenvalue weighted by molar-refractivity contribution is 0.481. The van der Waals surface area contributed by atoms with Crippen LogP contribution in [0.1, 0.15) is 0 Å². The molecule has 0 saturated carbocycles. The van der Waals surface area contributed by atoms with Crippen LogP contribution in [0.15, 0.2) is 30.3 Å². The van der Waals surface area contributed by atoms with E-state index in [1.807, 2.05) is 18.2 Å². The molecule has 0 aromatic heterocycles. The fourth-order valence-corrected chi connectivity index (χ4v) is 1.19. The molecule has 0 bridgehead atoms. The summed E-state index contributed by atoms with van der Waals surface area (Å²) in [6, 6.07) is 10.1. The predicted octanol–water partition coefficient (Wildman–Crippen LogP) is 1.55. The molecule has 0 aliphatic heterocycles. The lowest BCUT2D eigenvalue weighted by atomic mass is 10.4. The third kappa shape index (κ3) is 2.13. The van der Waals surface area contributed by atoms with Crippen LogP contribution in [0, 0.1) is 0 Å². The van der Waals surface area contributed by atoms with Crippen molar-refractivity contribution in [1.29, 1.82) is 0 Å². The van der Waals surface area contributed by atoms with Crippen molar-refractivity contribution in [2.45, 2.75) is 0 Å². The molecule has 1 rings (SSSR count). The van der Waals surface area contributed by atoms with Crippen LogP contribution >= 0.6 is 8.81 Å². The van der Waals surface area contributed by atoms with Gasteiger partial charge in [0.25, 0.3) is 0 Å². The smallest absolute Gasteiger partial charge is 0.0456 e. The molecule has 0 amide bonds. The van der Waals surface area contributed by atoms with E-state index in [1.54, 1.807) is 7.11 Å². The van der Waals surface area contributed by atoms with E-state index in [4.69, 9.17) is 4.52 Å². The zero-order chi connectivity index (χ0) is 6.53. The van der Waals surface area contributed by atoms with Gasteiger partial charge in [-0.15, -0.1) is 0 Å². The van der Waals surface area contributed by atoms with E-state index >= 15 is 0 Å². The topological polar surface area (TPSA) is 9.23 Å². The van der Waals surface area contributed by atoms with Crippen LogP contribution in [0.2, 0.25) is 0 Å². The van der Waals surface area contributed by atoms with Gasteiger partial charge in [0.2, 0.25) is 0 Å². The fraction of sp³-hybridized carbons (Fsp3) is 0.143. The summed E-state index contributed by atoms with van der Waals surface area (Å²) in [5.74, 6) is 0. The van der Waals surface area contributed by atoms with Crippen LogP contribution in [0.3, 0.4) is 0 Å². The van der Waals surface area contributed by atoms with Crippen LogP contribution in [-0.2, 0) is 4.52 Å². The van der Waals surface area contributed by atoms with E-state index in [2.05, 4.69) is 12.1 Å². The van der Waals surface area contributed by atoms with Crippen molar-refractivity contribution in [2.75, 3.05) is 7.11 Å². The summed E-state index contributed by atoms with van der Waals surface area (Å²) in [6.07, 6.45) is 0. The maximum atomic E-state index is 4.96. The molecular weight excluding hydrogens is 131 g/mol. The molecule has 1 nitrogen and oxygen atoms in total. The van der Waals surface area contributed by atoms with Crippen molar-refractivity contribution >= 4 is 14.1 Å². The molecule has 1 unspecified atom stereocenters. The quantitative estimate of drug-likeness (QED) is 0.566. The number of benzene rings is 1. The van der Waals surface area contributed by atoms with E-state index in [9.17, 15) is 0 Å². The van der Waals surface area contributed by atoms with Gasteiger partial charge in [0.05, 0.1) is 0 Å². The highest BCUT2D eigenvalue weighted by Gasteiger charge is 1.84. The van der Waals surface area contributed by atoms with Gasteiger partial charge in [-0.1, -0.05) is 30.3 Å². The summed E-state index contributed by atoms with van der Waals surface area (Å²) >= 11 is 0. The maximum absolute atomic E-state index is 4.96. The molecule has 0 saturated heterocycles. The summed E-state index contributed by atoms with van der Waals surface area (Å²) in [5, 5.41) is 1.25. The molecule has 9 heavy (non-hydrogen) atoms. The molecular formula is C7H9OP. The molecule has 1 aromatic carbocycles. The SMILES string of the molecule is COPc1ccccc1. The Morgan fingerprint density at radius 3 is 2.44 bits per heavy atom. The average Bonchev–Trinajstić information content (AvgIpc) is 1.91. The molecule has 0 aliphatic carbocycles. The Morgan fingerprint density at radius 2 is 1.89 bits per heavy atom. The van der Waals surface area contributed by atoms with E-state index in [1.165, 1.54) is 5.30 Å². The maximum Gasteiger partial charge on any atom is 0.0456 e. The van der Waals surface area contributed by atoms with Crippen molar-refractivity contribution < 1.29 is 4.52 Å². The second-order valence-corrected chi connectivity index (χ2v) is 2.86. The largest absolute Gasteiger partial charge is 0.361 e. The molecule has 0 fully saturated rings. The van der Waals surface area contributed by atoms with Gasteiger partial charge in [-0.2, -0.15) is 0 Å². The van der Waals surface area contributed by atoms with Crippen molar-refractivity contribution in [1.82, 2.24) is 0 Å². The zero-order valence-corrected chi connectivity index (χ0v) is 6.29. The molecule has 0 radical (unpaired) electrons. The van der Waals surface area contributed by atoms with Crippen molar-refractivity contribution in [3.63, 3.8) is 0 Å². The minimum absolute atomic E-state index is 0.487. The van der Waals surface area contributed by atoms with Gasteiger partial charge in [-0.25, -0.2) is 0 Å². The van der Waals surface area contributed by atoms with E-state index in [0.29, 0.717) is 8.81 Å². The minimum Gasteiger partial charge on any atom is -0.361 e. The summed E-state index contributed by atoms with van der Waals surface area (Å²) in [7, 11) is 2.20. The first kappa shape index (κ1) is 6.73. The zero-order valence-electron chi connectivity index (χ0n) is 5.29. The monoisotopic (exact) mass is 140 g/mol. The second kappa shape index (κ2) is 3.60. The standard InChI is InChI=1S/C7H9OP/c1-8-9-7-5-3-2-4-6-7/h2-6,9H,1H3. The van der Waals surface area contributed by atoms with Gasteiger partial charge in [0.15, 0.2) is 0 Å². The Labute approximate surface area is 56.9 Å². The molecule has 0 N–H and O–H groups in total. The summed E-state index contributed by atoms with van der Waals surface area (Å²) in [4.78, 5) is 0. The summed E-state index contributed by atoms with van der Waals surface area (Å²) in [6.45, 7) is 0. The van der Waals surface area contributed by atoms with Crippen LogP contribution in [0.4, 0.5) is 0 Å². The second-order valence-electron chi connectivity index (χ2n) is 1.67. The predicted molar refractivity (Wildman–Crippen MR) is 41.4 cm³/mol. The fourth-order valence-electron chi connectivity index (χ4n) is 0.624. The highest BCUT2D eigenvalue weighted by molar-refractivity contribution is 7.41. The third-order valence-corrected chi connectivity index (χ3v) is 1.77. The van der Waals surface area contributed by atoms with E-state index < -0.39 is 0 Å². The molecule has 1 atom stereocenters. The number of rotatable bonds is 2. The molecule has 1 aromatic rings. The first-order valence-electron chi connectivity index (χ1n) is 2.77. The van der Waals surface area contributed by atoms with Gasteiger partial charge < -0.3 is 4.52 Å². The van der Waals surface area contributed by atoms with Crippen LogP contribution in [0.5, 0.6) is 0 Å². The van der Waals surface area contributed by atoms with Crippen molar-refractivity contribution in [3.8, 4) is 0 Å². The lowest BCUT2D eigenvalue weighted by Crippen LogP contribution is -1.90. The van der Waals surface area contributed by atoms with E-state index in [-0.39, 0.29) is 0 Å². The van der Waals surface area contributed by atoms with Gasteiger partial charge in [0.1, 0.15) is 0 Å². The molecule has 0 aliphatic rings. The number of hydrogen-bond donors (Lipinski definition) is 0. The van der Waals surface area contributed by atoms with Gasteiger partial charge in [-0.3, -0.25) is 0 Å². The first-order chi connectivity index (χ1) is 4.43. The third-order valence-electron chi connectivity index (χ3n) is 0.994. The molecule has 2 heteroatoms. The Morgan fingerprint density at radius 1 is 1.22 bits per heavy atom. The van der Waals surface area contributed by atoms with Crippen LogP contribution in [0.25, 0.3) is 0 Å². The van der Waals surface area contributed by atoms with Crippen molar-refractivity contribution in [2.24, 2.45) is 0 Å².